The van der Waals surface area contributed by atoms with Crippen LogP contribution < -0.4 is 11.1 Å². The number of aliphatic hydroxyl groups is 1. The summed E-state index contributed by atoms with van der Waals surface area (Å²) in [5.74, 6) is -0.950. The van der Waals surface area contributed by atoms with Gasteiger partial charge in [0.15, 0.2) is 0 Å². The topological polar surface area (TPSA) is 75.3 Å². The Morgan fingerprint density at radius 1 is 1.59 bits per heavy atom. The molecule has 1 aromatic carbocycles. The number of aliphatic hydroxyl groups excluding tert-OH is 1. The molecular formula is C12H17FN2O2. The highest BCUT2D eigenvalue weighted by molar-refractivity contribution is 5.95. The Kier molecular flexibility index (Phi) is 4.45. The van der Waals surface area contributed by atoms with Crippen molar-refractivity contribution in [2.24, 2.45) is 0 Å². The summed E-state index contributed by atoms with van der Waals surface area (Å²) in [5, 5.41) is 11.8. The van der Waals surface area contributed by atoms with E-state index in [4.69, 9.17) is 5.73 Å². The highest BCUT2D eigenvalue weighted by atomic mass is 19.1. The van der Waals surface area contributed by atoms with Gasteiger partial charge in [0.1, 0.15) is 5.82 Å². The monoisotopic (exact) mass is 240 g/mol. The lowest BCUT2D eigenvalue weighted by Gasteiger charge is -2.10. The van der Waals surface area contributed by atoms with Gasteiger partial charge in [0.25, 0.3) is 5.91 Å². The lowest BCUT2D eigenvalue weighted by Crippen LogP contribution is -2.31. The summed E-state index contributed by atoms with van der Waals surface area (Å²) in [6.45, 7) is 3.50. The van der Waals surface area contributed by atoms with Gasteiger partial charge in [0.05, 0.1) is 6.10 Å². The van der Waals surface area contributed by atoms with Crippen LogP contribution in [0.1, 0.15) is 29.3 Å². The second kappa shape index (κ2) is 5.63. The number of anilines is 1. The summed E-state index contributed by atoms with van der Waals surface area (Å²) in [7, 11) is 0. The molecular weight excluding hydrogens is 223 g/mol. The minimum Gasteiger partial charge on any atom is -0.398 e. The molecule has 0 spiro atoms. The molecule has 1 rings (SSSR count). The maximum Gasteiger partial charge on any atom is 0.251 e. The normalized spacial score (nSPS) is 12.2. The number of hydrogen-bond donors (Lipinski definition) is 3. The van der Waals surface area contributed by atoms with E-state index in [2.05, 4.69) is 5.32 Å². The van der Waals surface area contributed by atoms with Crippen LogP contribution in [-0.2, 0) is 0 Å². The van der Waals surface area contributed by atoms with Crippen LogP contribution in [0.5, 0.6) is 0 Å². The molecule has 0 bridgehead atoms. The molecule has 4 N–H and O–H groups in total. The van der Waals surface area contributed by atoms with Gasteiger partial charge in [-0.25, -0.2) is 4.39 Å². The van der Waals surface area contributed by atoms with Crippen molar-refractivity contribution in [3.8, 4) is 0 Å². The molecule has 0 heterocycles. The zero-order chi connectivity index (χ0) is 13.0. The Balaban J connectivity index is 2.76. The quantitative estimate of drug-likeness (QED) is 0.692. The fraction of sp³-hybridized carbons (Fsp3) is 0.417. The Morgan fingerprint density at radius 2 is 2.24 bits per heavy atom. The van der Waals surface area contributed by atoms with Crippen molar-refractivity contribution in [3.05, 3.63) is 29.1 Å². The van der Waals surface area contributed by atoms with E-state index in [1.807, 2.05) is 0 Å². The maximum absolute atomic E-state index is 13.4. The van der Waals surface area contributed by atoms with Gasteiger partial charge in [-0.1, -0.05) is 6.92 Å². The van der Waals surface area contributed by atoms with Crippen LogP contribution in [-0.4, -0.2) is 23.7 Å². The van der Waals surface area contributed by atoms with E-state index in [9.17, 15) is 14.3 Å². The predicted molar refractivity (Wildman–Crippen MR) is 64.2 cm³/mol. The first kappa shape index (κ1) is 13.4. The van der Waals surface area contributed by atoms with Crippen LogP contribution in [0.3, 0.4) is 0 Å². The van der Waals surface area contributed by atoms with Gasteiger partial charge in [0.2, 0.25) is 0 Å². The fourth-order valence-corrected chi connectivity index (χ4v) is 1.29. The average molecular weight is 240 g/mol. The Labute approximate surface area is 99.6 Å². The number of rotatable bonds is 4. The van der Waals surface area contributed by atoms with Crippen LogP contribution in [0.15, 0.2) is 12.1 Å². The smallest absolute Gasteiger partial charge is 0.251 e. The molecule has 94 valence electrons. The predicted octanol–water partition coefficient (Wildman–Crippen LogP) is 1.22. The number of hydrogen-bond acceptors (Lipinski definition) is 3. The zero-order valence-corrected chi connectivity index (χ0v) is 9.96. The zero-order valence-electron chi connectivity index (χ0n) is 9.96. The van der Waals surface area contributed by atoms with Gasteiger partial charge in [-0.2, -0.15) is 0 Å². The van der Waals surface area contributed by atoms with Crippen molar-refractivity contribution in [2.75, 3.05) is 12.3 Å². The minimum atomic E-state index is -0.591. The standard InChI is InChI=1S/C12H17FN2O2/c1-3-9(16)6-15-12(17)8-4-10(13)7(2)11(14)5-8/h4-5,9,16H,3,6,14H2,1-2H3,(H,15,17). The first-order chi connectivity index (χ1) is 7.95. The third-order valence-electron chi connectivity index (χ3n) is 2.62. The van der Waals surface area contributed by atoms with E-state index in [1.165, 1.54) is 6.07 Å². The van der Waals surface area contributed by atoms with Crippen LogP contribution in [0.25, 0.3) is 0 Å². The molecule has 0 saturated heterocycles. The molecule has 17 heavy (non-hydrogen) atoms. The van der Waals surface area contributed by atoms with Gasteiger partial charge >= 0.3 is 0 Å². The first-order valence-corrected chi connectivity index (χ1v) is 5.47. The van der Waals surface area contributed by atoms with Crippen molar-refractivity contribution < 1.29 is 14.3 Å². The molecule has 0 aliphatic rings. The molecule has 4 nitrogen and oxygen atoms in total. The summed E-state index contributed by atoms with van der Waals surface area (Å²) >= 11 is 0. The van der Waals surface area contributed by atoms with Crippen molar-refractivity contribution in [1.82, 2.24) is 5.32 Å². The molecule has 0 aromatic heterocycles. The molecule has 0 radical (unpaired) electrons. The van der Waals surface area contributed by atoms with Crippen molar-refractivity contribution >= 4 is 11.6 Å². The van der Waals surface area contributed by atoms with E-state index in [1.54, 1.807) is 13.8 Å². The highest BCUT2D eigenvalue weighted by Gasteiger charge is 2.11. The summed E-state index contributed by atoms with van der Waals surface area (Å²) < 4.78 is 13.4. The van der Waals surface area contributed by atoms with Gasteiger partial charge in [-0.05, 0) is 25.5 Å². The second-order valence-corrected chi connectivity index (χ2v) is 3.94. The Hall–Kier alpha value is -1.62. The molecule has 1 aromatic rings. The van der Waals surface area contributed by atoms with E-state index >= 15 is 0 Å². The van der Waals surface area contributed by atoms with Crippen LogP contribution in [0, 0.1) is 12.7 Å². The number of amides is 1. The Morgan fingerprint density at radius 3 is 2.76 bits per heavy atom. The molecule has 1 amide bonds. The van der Waals surface area contributed by atoms with E-state index in [-0.39, 0.29) is 17.8 Å². The van der Waals surface area contributed by atoms with Crippen molar-refractivity contribution in [1.29, 1.82) is 0 Å². The van der Waals surface area contributed by atoms with Crippen molar-refractivity contribution in [3.63, 3.8) is 0 Å². The molecule has 1 atom stereocenters. The molecule has 0 saturated carbocycles. The third kappa shape index (κ3) is 3.42. The molecule has 1 unspecified atom stereocenters. The molecule has 0 aliphatic carbocycles. The van der Waals surface area contributed by atoms with Crippen LogP contribution in [0.2, 0.25) is 0 Å². The SMILES string of the molecule is CCC(O)CNC(=O)c1cc(N)c(C)c(F)c1. The summed E-state index contributed by atoms with van der Waals surface area (Å²) in [4.78, 5) is 11.6. The Bertz CT molecular complexity index is 398. The largest absolute Gasteiger partial charge is 0.398 e. The van der Waals surface area contributed by atoms with Crippen molar-refractivity contribution in [2.45, 2.75) is 26.4 Å². The van der Waals surface area contributed by atoms with E-state index in [0.717, 1.165) is 6.07 Å². The number of benzene rings is 1. The summed E-state index contributed by atoms with van der Waals surface area (Å²) in [5.41, 5.74) is 6.30. The van der Waals surface area contributed by atoms with Gasteiger partial charge < -0.3 is 16.2 Å². The third-order valence-corrected chi connectivity index (χ3v) is 2.62. The molecule has 0 aliphatic heterocycles. The molecule has 5 heteroatoms. The maximum atomic E-state index is 13.4. The number of carbonyl (C=O) groups excluding carboxylic acids is 1. The lowest BCUT2D eigenvalue weighted by atomic mass is 10.1. The summed E-state index contributed by atoms with van der Waals surface area (Å²) in [6.07, 6.45) is -0.0448. The number of carbonyl (C=O) groups is 1. The average Bonchev–Trinajstić information content (AvgIpc) is 2.31. The highest BCUT2D eigenvalue weighted by Crippen LogP contribution is 2.17. The molecule has 0 fully saturated rings. The van der Waals surface area contributed by atoms with Gasteiger partial charge in [-0.3, -0.25) is 4.79 Å². The fourth-order valence-electron chi connectivity index (χ4n) is 1.29. The first-order valence-electron chi connectivity index (χ1n) is 5.47. The minimum absolute atomic E-state index is 0.144. The van der Waals surface area contributed by atoms with E-state index < -0.39 is 17.8 Å². The lowest BCUT2D eigenvalue weighted by molar-refractivity contribution is 0.0913. The second-order valence-electron chi connectivity index (χ2n) is 3.94. The van der Waals surface area contributed by atoms with Crippen LogP contribution in [0.4, 0.5) is 10.1 Å². The summed E-state index contributed by atoms with van der Waals surface area (Å²) in [6, 6.07) is 2.56. The van der Waals surface area contributed by atoms with Crippen LogP contribution >= 0.6 is 0 Å². The van der Waals surface area contributed by atoms with Gasteiger partial charge in [-0.15, -0.1) is 0 Å². The van der Waals surface area contributed by atoms with Gasteiger partial charge in [0, 0.05) is 23.4 Å². The number of nitrogen functional groups attached to an aromatic ring is 1. The number of nitrogens with two attached hydrogens (primary N) is 1. The van der Waals surface area contributed by atoms with E-state index in [0.29, 0.717) is 12.0 Å². The number of nitrogens with one attached hydrogen (secondary N) is 1. The number of halogens is 1.